The number of nitrogens with one attached hydrogen (secondary N) is 1. The lowest BCUT2D eigenvalue weighted by atomic mass is 10.3. The molecule has 12 heavy (non-hydrogen) atoms. The summed E-state index contributed by atoms with van der Waals surface area (Å²) in [5.74, 6) is 0.797. The Bertz CT molecular complexity index is 235. The molecule has 0 aliphatic rings. The van der Waals surface area contributed by atoms with Crippen molar-refractivity contribution in [3.8, 4) is 0 Å². The van der Waals surface area contributed by atoms with E-state index < -0.39 is 0 Å². The standard InChI is InChI=1S/C9H15N3/c1-2-3-6-11-9-8(10)5-4-7-12-9/h4-5,7H,2-3,6,10H2,1H3,(H,11,12). The molecule has 3 heteroatoms. The normalized spacial score (nSPS) is 9.75. The molecule has 3 nitrogen and oxygen atoms in total. The van der Waals surface area contributed by atoms with E-state index in [1.54, 1.807) is 6.20 Å². The maximum absolute atomic E-state index is 5.68. The molecule has 0 aromatic carbocycles. The van der Waals surface area contributed by atoms with Gasteiger partial charge in [0.05, 0.1) is 5.69 Å². The van der Waals surface area contributed by atoms with E-state index in [2.05, 4.69) is 17.2 Å². The number of anilines is 2. The van der Waals surface area contributed by atoms with Crippen molar-refractivity contribution >= 4 is 11.5 Å². The summed E-state index contributed by atoms with van der Waals surface area (Å²) in [6.45, 7) is 3.10. The third-order valence-corrected chi connectivity index (χ3v) is 1.66. The van der Waals surface area contributed by atoms with Gasteiger partial charge < -0.3 is 11.1 Å². The van der Waals surface area contributed by atoms with E-state index in [0.29, 0.717) is 5.69 Å². The predicted octanol–water partition coefficient (Wildman–Crippen LogP) is 1.88. The number of nitrogens with zero attached hydrogens (tertiary/aromatic N) is 1. The van der Waals surface area contributed by atoms with Crippen LogP contribution in [0.2, 0.25) is 0 Å². The number of nitrogen functional groups attached to an aromatic ring is 1. The predicted molar refractivity (Wildman–Crippen MR) is 52.0 cm³/mol. The van der Waals surface area contributed by atoms with Crippen molar-refractivity contribution in [3.05, 3.63) is 18.3 Å². The molecule has 3 N–H and O–H groups in total. The van der Waals surface area contributed by atoms with Crippen molar-refractivity contribution < 1.29 is 0 Å². The molecule has 1 aromatic heterocycles. The molecule has 0 bridgehead atoms. The fraction of sp³-hybridized carbons (Fsp3) is 0.444. The molecular formula is C9H15N3. The van der Waals surface area contributed by atoms with E-state index >= 15 is 0 Å². The Labute approximate surface area is 73.0 Å². The van der Waals surface area contributed by atoms with E-state index in [1.165, 1.54) is 6.42 Å². The summed E-state index contributed by atoms with van der Waals surface area (Å²) in [5.41, 5.74) is 6.39. The smallest absolute Gasteiger partial charge is 0.149 e. The Morgan fingerprint density at radius 3 is 3.08 bits per heavy atom. The lowest BCUT2D eigenvalue weighted by molar-refractivity contribution is 0.831. The van der Waals surface area contributed by atoms with E-state index in [9.17, 15) is 0 Å². The lowest BCUT2D eigenvalue weighted by Crippen LogP contribution is -2.05. The van der Waals surface area contributed by atoms with Gasteiger partial charge in [-0.25, -0.2) is 4.98 Å². The minimum absolute atomic E-state index is 0.716. The highest BCUT2D eigenvalue weighted by Crippen LogP contribution is 2.12. The van der Waals surface area contributed by atoms with Gasteiger partial charge in [-0.3, -0.25) is 0 Å². The van der Waals surface area contributed by atoms with Crippen LogP contribution in [0.15, 0.2) is 18.3 Å². The topological polar surface area (TPSA) is 50.9 Å². The number of nitrogens with two attached hydrogens (primary N) is 1. The quantitative estimate of drug-likeness (QED) is 0.670. The molecule has 1 heterocycles. The lowest BCUT2D eigenvalue weighted by Gasteiger charge is -2.05. The second kappa shape index (κ2) is 4.59. The van der Waals surface area contributed by atoms with Crippen molar-refractivity contribution in [3.63, 3.8) is 0 Å². The van der Waals surface area contributed by atoms with Crippen LogP contribution in [0.3, 0.4) is 0 Å². The van der Waals surface area contributed by atoms with Crippen LogP contribution in [0, 0.1) is 0 Å². The van der Waals surface area contributed by atoms with Gasteiger partial charge in [-0.05, 0) is 18.6 Å². The Hall–Kier alpha value is -1.25. The maximum Gasteiger partial charge on any atom is 0.149 e. The van der Waals surface area contributed by atoms with Crippen molar-refractivity contribution in [2.24, 2.45) is 0 Å². The molecule has 66 valence electrons. The zero-order valence-electron chi connectivity index (χ0n) is 7.38. The summed E-state index contributed by atoms with van der Waals surface area (Å²) >= 11 is 0. The van der Waals surface area contributed by atoms with Crippen LogP contribution in [-0.2, 0) is 0 Å². The number of unbranched alkanes of at least 4 members (excludes halogenated alkanes) is 1. The molecule has 0 fully saturated rings. The molecule has 1 rings (SSSR count). The van der Waals surface area contributed by atoms with Gasteiger partial charge in [0.1, 0.15) is 5.82 Å². The number of pyridine rings is 1. The highest BCUT2D eigenvalue weighted by atomic mass is 15.0. The molecule has 0 saturated carbocycles. The zero-order chi connectivity index (χ0) is 8.81. The highest BCUT2D eigenvalue weighted by Gasteiger charge is 1.95. The van der Waals surface area contributed by atoms with Gasteiger partial charge in [-0.15, -0.1) is 0 Å². The number of hydrogen-bond acceptors (Lipinski definition) is 3. The van der Waals surface area contributed by atoms with Crippen LogP contribution in [0.4, 0.5) is 11.5 Å². The summed E-state index contributed by atoms with van der Waals surface area (Å²) in [5, 5.41) is 3.18. The molecular weight excluding hydrogens is 150 g/mol. The summed E-state index contributed by atoms with van der Waals surface area (Å²) in [4.78, 5) is 4.11. The van der Waals surface area contributed by atoms with Crippen molar-refractivity contribution in [2.75, 3.05) is 17.6 Å². The largest absolute Gasteiger partial charge is 0.396 e. The number of aromatic nitrogens is 1. The van der Waals surface area contributed by atoms with Gasteiger partial charge in [-0.2, -0.15) is 0 Å². The first-order valence-electron chi connectivity index (χ1n) is 4.29. The molecule has 0 atom stereocenters. The Morgan fingerprint density at radius 2 is 2.42 bits per heavy atom. The van der Waals surface area contributed by atoms with Gasteiger partial charge >= 0.3 is 0 Å². The summed E-state index contributed by atoms with van der Waals surface area (Å²) in [7, 11) is 0. The van der Waals surface area contributed by atoms with E-state index in [4.69, 9.17) is 5.73 Å². The van der Waals surface area contributed by atoms with Gasteiger partial charge in [-0.1, -0.05) is 13.3 Å². The molecule has 0 aliphatic carbocycles. The molecule has 0 radical (unpaired) electrons. The third kappa shape index (κ3) is 2.42. The zero-order valence-corrected chi connectivity index (χ0v) is 7.38. The van der Waals surface area contributed by atoms with E-state index in [0.717, 1.165) is 18.8 Å². The molecule has 0 aliphatic heterocycles. The van der Waals surface area contributed by atoms with Gasteiger partial charge in [0, 0.05) is 12.7 Å². The monoisotopic (exact) mass is 165 g/mol. The number of hydrogen-bond donors (Lipinski definition) is 2. The SMILES string of the molecule is CCCCNc1ncccc1N. The van der Waals surface area contributed by atoms with Crippen molar-refractivity contribution in [1.29, 1.82) is 0 Å². The number of rotatable bonds is 4. The van der Waals surface area contributed by atoms with Crippen molar-refractivity contribution in [2.45, 2.75) is 19.8 Å². The first-order valence-corrected chi connectivity index (χ1v) is 4.29. The maximum atomic E-state index is 5.68. The van der Waals surface area contributed by atoms with Crippen LogP contribution in [-0.4, -0.2) is 11.5 Å². The Balaban J connectivity index is 2.46. The van der Waals surface area contributed by atoms with Crippen LogP contribution in [0.5, 0.6) is 0 Å². The molecule has 0 spiro atoms. The Morgan fingerprint density at radius 1 is 1.58 bits per heavy atom. The minimum Gasteiger partial charge on any atom is -0.396 e. The first-order chi connectivity index (χ1) is 5.84. The third-order valence-electron chi connectivity index (χ3n) is 1.66. The second-order valence-corrected chi connectivity index (χ2v) is 2.72. The highest BCUT2D eigenvalue weighted by molar-refractivity contribution is 5.60. The van der Waals surface area contributed by atoms with Crippen molar-refractivity contribution in [1.82, 2.24) is 4.98 Å². The molecule has 0 unspecified atom stereocenters. The van der Waals surface area contributed by atoms with Crippen LogP contribution >= 0.6 is 0 Å². The molecule has 0 saturated heterocycles. The second-order valence-electron chi connectivity index (χ2n) is 2.72. The molecule has 1 aromatic rings. The molecule has 0 amide bonds. The van der Waals surface area contributed by atoms with Gasteiger partial charge in [0.25, 0.3) is 0 Å². The summed E-state index contributed by atoms with van der Waals surface area (Å²) < 4.78 is 0. The fourth-order valence-electron chi connectivity index (χ4n) is 0.949. The van der Waals surface area contributed by atoms with Crippen LogP contribution < -0.4 is 11.1 Å². The van der Waals surface area contributed by atoms with Gasteiger partial charge in [0.2, 0.25) is 0 Å². The van der Waals surface area contributed by atoms with Gasteiger partial charge in [0.15, 0.2) is 0 Å². The Kier molecular flexibility index (Phi) is 3.38. The fourth-order valence-corrected chi connectivity index (χ4v) is 0.949. The van der Waals surface area contributed by atoms with Crippen LogP contribution in [0.25, 0.3) is 0 Å². The average Bonchev–Trinajstić information content (AvgIpc) is 2.09. The van der Waals surface area contributed by atoms with Crippen LogP contribution in [0.1, 0.15) is 19.8 Å². The summed E-state index contributed by atoms with van der Waals surface area (Å²) in [6.07, 6.45) is 4.07. The van der Waals surface area contributed by atoms with E-state index in [-0.39, 0.29) is 0 Å². The minimum atomic E-state index is 0.716. The average molecular weight is 165 g/mol. The van der Waals surface area contributed by atoms with E-state index in [1.807, 2.05) is 12.1 Å². The first kappa shape index (κ1) is 8.84. The summed E-state index contributed by atoms with van der Waals surface area (Å²) in [6, 6.07) is 3.68.